The number of benzene rings is 1. The van der Waals surface area contributed by atoms with Gasteiger partial charge in [0.25, 0.3) is 0 Å². The first kappa shape index (κ1) is 23.2. The molecule has 0 aliphatic carbocycles. The Kier molecular flexibility index (Phi) is 6.97. The molecule has 2 fully saturated rings. The molecular formula is C24H33N5O4. The maximum atomic E-state index is 13.2. The Morgan fingerprint density at radius 3 is 2.48 bits per heavy atom. The van der Waals surface area contributed by atoms with Crippen molar-refractivity contribution >= 4 is 17.5 Å². The van der Waals surface area contributed by atoms with Crippen molar-refractivity contribution in [1.29, 1.82) is 0 Å². The number of rotatable bonds is 7. The molecule has 1 unspecified atom stereocenters. The number of carbonyl (C=O) groups is 2. The third-order valence-corrected chi connectivity index (χ3v) is 6.77. The van der Waals surface area contributed by atoms with E-state index in [4.69, 9.17) is 4.74 Å². The highest BCUT2D eigenvalue weighted by atomic mass is 16.5. The Labute approximate surface area is 193 Å². The van der Waals surface area contributed by atoms with Crippen LogP contribution in [0.1, 0.15) is 43.5 Å². The molecule has 0 N–H and O–H groups in total. The van der Waals surface area contributed by atoms with Gasteiger partial charge in [0.1, 0.15) is 5.82 Å². The van der Waals surface area contributed by atoms with Gasteiger partial charge in [0.15, 0.2) is 0 Å². The zero-order valence-corrected chi connectivity index (χ0v) is 19.7. The summed E-state index contributed by atoms with van der Waals surface area (Å²) in [4.78, 5) is 42.0. The van der Waals surface area contributed by atoms with Gasteiger partial charge in [-0.2, -0.15) is 5.10 Å². The van der Waals surface area contributed by atoms with E-state index in [1.807, 2.05) is 43.0 Å². The van der Waals surface area contributed by atoms with Gasteiger partial charge in [-0.1, -0.05) is 17.7 Å². The first-order valence-electron chi connectivity index (χ1n) is 11.7. The van der Waals surface area contributed by atoms with E-state index in [0.29, 0.717) is 39.3 Å². The first-order valence-corrected chi connectivity index (χ1v) is 11.7. The van der Waals surface area contributed by atoms with Crippen LogP contribution in [-0.4, -0.2) is 64.4 Å². The molecule has 4 rings (SSSR count). The van der Waals surface area contributed by atoms with Crippen LogP contribution in [0.25, 0.3) is 0 Å². The van der Waals surface area contributed by atoms with E-state index in [2.05, 4.69) is 5.10 Å². The lowest BCUT2D eigenvalue weighted by Crippen LogP contribution is -2.42. The lowest BCUT2D eigenvalue weighted by atomic mass is 9.94. The van der Waals surface area contributed by atoms with Gasteiger partial charge in [-0.25, -0.2) is 9.48 Å². The second kappa shape index (κ2) is 9.91. The highest BCUT2D eigenvalue weighted by Crippen LogP contribution is 2.30. The Morgan fingerprint density at radius 1 is 1.15 bits per heavy atom. The molecule has 3 heterocycles. The molecule has 1 atom stereocenters. The molecule has 0 saturated carbocycles. The number of hydrogen-bond acceptors (Lipinski definition) is 5. The molecule has 1 aromatic carbocycles. The van der Waals surface area contributed by atoms with Gasteiger partial charge in [-0.05, 0) is 38.8 Å². The zero-order chi connectivity index (χ0) is 23.5. The van der Waals surface area contributed by atoms with Crippen molar-refractivity contribution < 1.29 is 14.3 Å². The number of amides is 2. The maximum Gasteiger partial charge on any atom is 0.345 e. The molecule has 0 spiro atoms. The third-order valence-electron chi connectivity index (χ3n) is 6.77. The summed E-state index contributed by atoms with van der Waals surface area (Å²) < 4.78 is 8.29. The summed E-state index contributed by atoms with van der Waals surface area (Å²) in [7, 11) is 1.60. The predicted octanol–water partition coefficient (Wildman–Crippen LogP) is 1.78. The zero-order valence-electron chi connectivity index (χ0n) is 19.7. The van der Waals surface area contributed by atoms with E-state index in [1.165, 1.54) is 4.68 Å². The molecule has 1 aromatic heterocycles. The molecule has 33 heavy (non-hydrogen) atoms. The Bertz CT molecular complexity index is 1050. The van der Waals surface area contributed by atoms with E-state index < -0.39 is 0 Å². The van der Waals surface area contributed by atoms with Crippen LogP contribution in [0.4, 0.5) is 5.69 Å². The van der Waals surface area contributed by atoms with Gasteiger partial charge in [-0.3, -0.25) is 14.2 Å². The van der Waals surface area contributed by atoms with E-state index in [9.17, 15) is 14.4 Å². The van der Waals surface area contributed by atoms with Crippen LogP contribution in [0.2, 0.25) is 0 Å². The summed E-state index contributed by atoms with van der Waals surface area (Å²) in [6, 6.07) is 7.83. The van der Waals surface area contributed by atoms with E-state index in [0.717, 1.165) is 29.9 Å². The maximum absolute atomic E-state index is 13.2. The number of piperidine rings is 1. The van der Waals surface area contributed by atoms with Gasteiger partial charge < -0.3 is 14.5 Å². The average Bonchev–Trinajstić information content (AvgIpc) is 3.37. The average molecular weight is 456 g/mol. The number of carbonyl (C=O) groups excluding carboxylic acids is 2. The fourth-order valence-corrected chi connectivity index (χ4v) is 4.84. The Balaban J connectivity index is 1.38. The monoisotopic (exact) mass is 455 g/mol. The van der Waals surface area contributed by atoms with Crippen molar-refractivity contribution in [3.63, 3.8) is 0 Å². The molecule has 2 aromatic rings. The van der Waals surface area contributed by atoms with Gasteiger partial charge in [0.2, 0.25) is 11.8 Å². The molecule has 9 nitrogen and oxygen atoms in total. The second-order valence-electron chi connectivity index (χ2n) is 8.94. The van der Waals surface area contributed by atoms with Crippen LogP contribution in [0, 0.1) is 12.8 Å². The number of nitrogens with zero attached hydrogens (tertiary/aromatic N) is 5. The molecule has 2 aliphatic rings. The van der Waals surface area contributed by atoms with Crippen LogP contribution < -0.4 is 10.6 Å². The quantitative estimate of drug-likeness (QED) is 0.635. The van der Waals surface area contributed by atoms with Crippen molar-refractivity contribution in [3.8, 4) is 0 Å². The number of methoxy groups -OCH3 is 1. The van der Waals surface area contributed by atoms with Crippen molar-refractivity contribution in [3.05, 3.63) is 46.1 Å². The number of ether oxygens (including phenoxy) is 1. The molecule has 0 bridgehead atoms. The molecule has 178 valence electrons. The van der Waals surface area contributed by atoms with Crippen LogP contribution >= 0.6 is 0 Å². The lowest BCUT2D eigenvalue weighted by Gasteiger charge is -2.33. The normalized spacial score (nSPS) is 19.5. The number of aromatic nitrogens is 3. The van der Waals surface area contributed by atoms with Crippen molar-refractivity contribution in [1.82, 2.24) is 19.2 Å². The van der Waals surface area contributed by atoms with E-state index >= 15 is 0 Å². The van der Waals surface area contributed by atoms with Crippen LogP contribution in [-0.2, 0) is 27.4 Å². The van der Waals surface area contributed by atoms with Crippen molar-refractivity contribution in [2.75, 3.05) is 38.3 Å². The molecular weight excluding hydrogens is 422 g/mol. The van der Waals surface area contributed by atoms with Gasteiger partial charge in [0, 0.05) is 51.3 Å². The number of likely N-dealkylation sites (tertiary alicyclic amines) is 1. The second-order valence-corrected chi connectivity index (χ2v) is 8.94. The lowest BCUT2D eigenvalue weighted by molar-refractivity contribution is -0.136. The van der Waals surface area contributed by atoms with E-state index in [1.54, 1.807) is 16.6 Å². The van der Waals surface area contributed by atoms with E-state index in [-0.39, 0.29) is 35.8 Å². The Hall–Kier alpha value is -2.94. The largest absolute Gasteiger partial charge is 0.383 e. The van der Waals surface area contributed by atoms with Crippen LogP contribution in [0.3, 0.4) is 0 Å². The van der Waals surface area contributed by atoms with Crippen molar-refractivity contribution in [2.45, 2.75) is 52.1 Å². The molecule has 2 amide bonds. The summed E-state index contributed by atoms with van der Waals surface area (Å²) in [6.07, 6.45) is 1.77. The summed E-state index contributed by atoms with van der Waals surface area (Å²) in [5, 5.41) is 4.58. The fraction of sp³-hybridized carbons (Fsp3) is 0.583. The summed E-state index contributed by atoms with van der Waals surface area (Å²) in [5.74, 6) is 0.681. The number of aryl methyl sites for hydroxylation is 1. The number of hydrogen-bond donors (Lipinski definition) is 0. The molecule has 2 saturated heterocycles. The SMILES string of the molecule is CCn1c(C2CCN(C(=O)C3CC(=O)N(c4ccc(C)cc4)C3)CC2)nn(CCOC)c1=O. The minimum absolute atomic E-state index is 0.000602. The van der Waals surface area contributed by atoms with Gasteiger partial charge >= 0.3 is 5.69 Å². The van der Waals surface area contributed by atoms with Gasteiger partial charge in [-0.15, -0.1) is 0 Å². The van der Waals surface area contributed by atoms with Crippen molar-refractivity contribution in [2.24, 2.45) is 5.92 Å². The topological polar surface area (TPSA) is 89.7 Å². The Morgan fingerprint density at radius 2 is 1.85 bits per heavy atom. The highest BCUT2D eigenvalue weighted by molar-refractivity contribution is 6.00. The highest BCUT2D eigenvalue weighted by Gasteiger charge is 2.38. The summed E-state index contributed by atoms with van der Waals surface area (Å²) >= 11 is 0. The molecule has 0 radical (unpaired) electrons. The minimum atomic E-state index is -0.308. The van der Waals surface area contributed by atoms with Gasteiger partial charge in [0.05, 0.1) is 19.1 Å². The third kappa shape index (κ3) is 4.73. The standard InChI is InChI=1S/C24H33N5O4/c1-4-27-22(25-29(24(27)32)13-14-33-3)18-9-11-26(12-10-18)23(31)19-15-21(30)28(16-19)20-7-5-17(2)6-8-20/h5-8,18-19H,4,9-16H2,1-3H3. The first-order chi connectivity index (χ1) is 15.9. The van der Waals surface area contributed by atoms with Crippen LogP contribution in [0.5, 0.6) is 0 Å². The smallest absolute Gasteiger partial charge is 0.345 e. The summed E-state index contributed by atoms with van der Waals surface area (Å²) in [5.41, 5.74) is 1.88. The fourth-order valence-electron chi connectivity index (χ4n) is 4.84. The summed E-state index contributed by atoms with van der Waals surface area (Å²) in [6.45, 7) is 7.05. The van der Waals surface area contributed by atoms with Crippen LogP contribution in [0.15, 0.2) is 29.1 Å². The predicted molar refractivity (Wildman–Crippen MR) is 124 cm³/mol. The molecule has 9 heteroatoms. The molecule has 2 aliphatic heterocycles. The minimum Gasteiger partial charge on any atom is -0.383 e. The number of anilines is 1.